The monoisotopic (exact) mass is 377 g/mol. The predicted molar refractivity (Wildman–Crippen MR) is 103 cm³/mol. The Kier molecular flexibility index (Phi) is 7.69. The molecule has 1 atom stereocenters. The highest BCUT2D eigenvalue weighted by Gasteiger charge is 2.13. The van der Waals surface area contributed by atoms with Gasteiger partial charge in [0.2, 0.25) is 0 Å². The number of urea groups is 1. The topological polar surface area (TPSA) is 83.5 Å². The number of nitrogens with zero attached hydrogens (tertiary/aromatic N) is 1. The highest BCUT2D eigenvalue weighted by Crippen LogP contribution is 2.28. The maximum absolute atomic E-state index is 12.1. The molecule has 0 radical (unpaired) electrons. The molecule has 0 aliphatic rings. The number of benzene rings is 1. The molecule has 3 N–H and O–H groups in total. The van der Waals surface area contributed by atoms with Gasteiger partial charge in [-0.3, -0.25) is 4.98 Å². The summed E-state index contributed by atoms with van der Waals surface area (Å²) in [5.41, 5.74) is 1.34. The van der Waals surface area contributed by atoms with E-state index in [1.54, 1.807) is 24.4 Å². The zero-order chi connectivity index (χ0) is 18.9. The number of aliphatic hydroxyl groups is 1. The molecule has 0 aliphatic heterocycles. The molecule has 0 saturated carbocycles. The lowest BCUT2D eigenvalue weighted by molar-refractivity contribution is 0.214. The van der Waals surface area contributed by atoms with Gasteiger partial charge in [0.05, 0.1) is 23.4 Å². The van der Waals surface area contributed by atoms with Crippen LogP contribution in [0.1, 0.15) is 26.0 Å². The summed E-state index contributed by atoms with van der Waals surface area (Å²) in [4.78, 5) is 16.2. The summed E-state index contributed by atoms with van der Waals surface area (Å²) >= 11 is 6.22. The summed E-state index contributed by atoms with van der Waals surface area (Å²) in [6.07, 6.45) is 2.40. The SMILES string of the molecule is CC(C)CC(CO)NC(=O)Nc1ccc(OCc2ccccn2)c(Cl)c1. The van der Waals surface area contributed by atoms with Gasteiger partial charge in [-0.25, -0.2) is 4.79 Å². The van der Waals surface area contributed by atoms with E-state index in [4.69, 9.17) is 16.3 Å². The van der Waals surface area contributed by atoms with Crippen molar-refractivity contribution >= 4 is 23.3 Å². The number of ether oxygens (including phenoxy) is 1. The van der Waals surface area contributed by atoms with Gasteiger partial charge in [-0.1, -0.05) is 31.5 Å². The van der Waals surface area contributed by atoms with Crippen LogP contribution < -0.4 is 15.4 Å². The van der Waals surface area contributed by atoms with E-state index in [0.29, 0.717) is 35.4 Å². The van der Waals surface area contributed by atoms with Crippen LogP contribution in [0, 0.1) is 5.92 Å². The fourth-order valence-corrected chi connectivity index (χ4v) is 2.67. The smallest absolute Gasteiger partial charge is 0.319 e. The van der Waals surface area contributed by atoms with E-state index >= 15 is 0 Å². The largest absolute Gasteiger partial charge is 0.486 e. The second-order valence-electron chi connectivity index (χ2n) is 6.36. The summed E-state index contributed by atoms with van der Waals surface area (Å²) in [6, 6.07) is 9.93. The van der Waals surface area contributed by atoms with Gasteiger partial charge in [0.15, 0.2) is 0 Å². The Morgan fingerprint density at radius 3 is 2.73 bits per heavy atom. The summed E-state index contributed by atoms with van der Waals surface area (Å²) in [5.74, 6) is 0.883. The molecule has 0 fully saturated rings. The molecule has 0 bridgehead atoms. The average Bonchev–Trinajstić information content (AvgIpc) is 2.61. The van der Waals surface area contributed by atoms with Crippen LogP contribution in [0.5, 0.6) is 5.75 Å². The molecule has 6 nitrogen and oxygen atoms in total. The fraction of sp³-hybridized carbons (Fsp3) is 0.368. The molecule has 1 unspecified atom stereocenters. The summed E-state index contributed by atoms with van der Waals surface area (Å²) < 4.78 is 5.65. The normalized spacial score (nSPS) is 11.9. The van der Waals surface area contributed by atoms with E-state index in [1.807, 2.05) is 32.0 Å². The van der Waals surface area contributed by atoms with Crippen molar-refractivity contribution in [1.82, 2.24) is 10.3 Å². The van der Waals surface area contributed by atoms with Crippen LogP contribution in [-0.4, -0.2) is 28.8 Å². The Bertz CT molecular complexity index is 710. The molecule has 26 heavy (non-hydrogen) atoms. The van der Waals surface area contributed by atoms with Crippen molar-refractivity contribution in [3.8, 4) is 5.75 Å². The molecule has 2 rings (SSSR count). The second kappa shape index (κ2) is 9.99. The van der Waals surface area contributed by atoms with Crippen molar-refractivity contribution in [2.45, 2.75) is 32.9 Å². The number of amides is 2. The zero-order valence-corrected chi connectivity index (χ0v) is 15.7. The average molecular weight is 378 g/mol. The first-order valence-electron chi connectivity index (χ1n) is 8.48. The first-order valence-corrected chi connectivity index (χ1v) is 8.86. The molecule has 1 heterocycles. The lowest BCUT2D eigenvalue weighted by Gasteiger charge is -2.18. The Balaban J connectivity index is 1.90. The van der Waals surface area contributed by atoms with Crippen molar-refractivity contribution in [2.75, 3.05) is 11.9 Å². The standard InChI is InChI=1S/C19H24ClN3O3/c1-13(2)9-16(11-24)23-19(25)22-14-6-7-18(17(20)10-14)26-12-15-5-3-4-8-21-15/h3-8,10,13,16,24H,9,11-12H2,1-2H3,(H2,22,23,25). The maximum atomic E-state index is 12.1. The Morgan fingerprint density at radius 2 is 2.12 bits per heavy atom. The van der Waals surface area contributed by atoms with Crippen LogP contribution in [0.15, 0.2) is 42.6 Å². The minimum Gasteiger partial charge on any atom is -0.486 e. The van der Waals surface area contributed by atoms with E-state index in [0.717, 1.165) is 5.69 Å². The third kappa shape index (κ3) is 6.54. The number of carbonyl (C=O) groups excluding carboxylic acids is 1. The van der Waals surface area contributed by atoms with Gasteiger partial charge in [-0.15, -0.1) is 0 Å². The quantitative estimate of drug-likeness (QED) is 0.652. The number of hydrogen-bond acceptors (Lipinski definition) is 4. The second-order valence-corrected chi connectivity index (χ2v) is 6.77. The van der Waals surface area contributed by atoms with Crippen molar-refractivity contribution in [3.05, 3.63) is 53.3 Å². The number of aromatic nitrogens is 1. The lowest BCUT2D eigenvalue weighted by atomic mass is 10.0. The molecule has 0 aliphatic carbocycles. The van der Waals surface area contributed by atoms with E-state index < -0.39 is 0 Å². The molecule has 7 heteroatoms. The van der Waals surface area contributed by atoms with Gasteiger partial charge in [-0.05, 0) is 42.7 Å². The number of anilines is 1. The van der Waals surface area contributed by atoms with Gasteiger partial charge < -0.3 is 20.5 Å². The van der Waals surface area contributed by atoms with Crippen molar-refractivity contribution in [2.24, 2.45) is 5.92 Å². The van der Waals surface area contributed by atoms with E-state index in [-0.39, 0.29) is 18.7 Å². The highest BCUT2D eigenvalue weighted by molar-refractivity contribution is 6.32. The number of nitrogens with one attached hydrogen (secondary N) is 2. The minimum atomic E-state index is -0.386. The van der Waals surface area contributed by atoms with Crippen molar-refractivity contribution in [3.63, 3.8) is 0 Å². The van der Waals surface area contributed by atoms with Crippen molar-refractivity contribution < 1.29 is 14.6 Å². The van der Waals surface area contributed by atoms with Crippen LogP contribution in [0.25, 0.3) is 0 Å². The number of aliphatic hydroxyl groups excluding tert-OH is 1. The van der Waals surface area contributed by atoms with Gasteiger partial charge in [-0.2, -0.15) is 0 Å². The van der Waals surface area contributed by atoms with Gasteiger partial charge >= 0.3 is 6.03 Å². The van der Waals surface area contributed by atoms with Crippen LogP contribution in [0.2, 0.25) is 5.02 Å². The summed E-state index contributed by atoms with van der Waals surface area (Å²) in [7, 11) is 0. The third-order valence-electron chi connectivity index (χ3n) is 3.60. The van der Waals surface area contributed by atoms with E-state index in [9.17, 15) is 9.90 Å². The van der Waals surface area contributed by atoms with Gasteiger partial charge in [0, 0.05) is 11.9 Å². The van der Waals surface area contributed by atoms with E-state index in [1.165, 1.54) is 0 Å². The van der Waals surface area contributed by atoms with Crippen LogP contribution in [-0.2, 0) is 6.61 Å². The molecule has 1 aromatic heterocycles. The molecule has 1 aromatic carbocycles. The fourth-order valence-electron chi connectivity index (χ4n) is 2.43. The number of halogens is 1. The van der Waals surface area contributed by atoms with E-state index in [2.05, 4.69) is 15.6 Å². The summed E-state index contributed by atoms with van der Waals surface area (Å²) in [5, 5.41) is 15.2. The highest BCUT2D eigenvalue weighted by atomic mass is 35.5. The first kappa shape index (κ1) is 20.0. The zero-order valence-electron chi connectivity index (χ0n) is 14.9. The maximum Gasteiger partial charge on any atom is 0.319 e. The number of rotatable bonds is 8. The number of carbonyl (C=O) groups is 1. The Morgan fingerprint density at radius 1 is 1.31 bits per heavy atom. The molecular weight excluding hydrogens is 354 g/mol. The lowest BCUT2D eigenvalue weighted by Crippen LogP contribution is -2.40. The first-order chi connectivity index (χ1) is 12.5. The van der Waals surface area contributed by atoms with Gasteiger partial charge in [0.25, 0.3) is 0 Å². The molecule has 140 valence electrons. The van der Waals surface area contributed by atoms with Crippen LogP contribution >= 0.6 is 11.6 Å². The van der Waals surface area contributed by atoms with Gasteiger partial charge in [0.1, 0.15) is 12.4 Å². The third-order valence-corrected chi connectivity index (χ3v) is 3.90. The molecule has 0 saturated heterocycles. The predicted octanol–water partition coefficient (Wildman–Crippen LogP) is 3.84. The number of hydrogen-bond donors (Lipinski definition) is 3. The molecular formula is C19H24ClN3O3. The molecule has 2 aromatic rings. The summed E-state index contributed by atoms with van der Waals surface area (Å²) in [6.45, 7) is 4.27. The van der Waals surface area contributed by atoms with Crippen LogP contribution in [0.3, 0.4) is 0 Å². The Hall–Kier alpha value is -2.31. The Labute approximate surface area is 158 Å². The molecule has 0 spiro atoms. The van der Waals surface area contributed by atoms with Crippen molar-refractivity contribution in [1.29, 1.82) is 0 Å². The van der Waals surface area contributed by atoms with Crippen LogP contribution in [0.4, 0.5) is 10.5 Å². The minimum absolute atomic E-state index is 0.105. The molecule has 2 amide bonds. The number of pyridine rings is 1.